The maximum atomic E-state index is 5.57. The van der Waals surface area contributed by atoms with Gasteiger partial charge in [0.2, 0.25) is 0 Å². The second kappa shape index (κ2) is 7.00. The third kappa shape index (κ3) is 3.98. The third-order valence-electron chi connectivity index (χ3n) is 3.29. The van der Waals surface area contributed by atoms with Gasteiger partial charge in [0.25, 0.3) is 0 Å². The van der Waals surface area contributed by atoms with Gasteiger partial charge in [-0.15, -0.1) is 11.6 Å². The number of rotatable bonds is 5. The zero-order valence-corrected chi connectivity index (χ0v) is 11.0. The van der Waals surface area contributed by atoms with E-state index in [1.165, 1.54) is 11.1 Å². The molecule has 0 atom stereocenters. The number of benzene rings is 1. The Kier molecular flexibility index (Phi) is 5.30. The number of hydrogen-bond acceptors (Lipinski definition) is 2. The maximum Gasteiger partial charge on any atom is 0.0602 e. The van der Waals surface area contributed by atoms with E-state index >= 15 is 0 Å². The fourth-order valence-corrected chi connectivity index (χ4v) is 2.40. The summed E-state index contributed by atoms with van der Waals surface area (Å²) in [5.74, 6) is 0.589. The van der Waals surface area contributed by atoms with Crippen molar-refractivity contribution < 1.29 is 4.74 Å². The van der Waals surface area contributed by atoms with Gasteiger partial charge in [0.05, 0.1) is 13.2 Å². The van der Waals surface area contributed by atoms with Crippen LogP contribution in [0.5, 0.6) is 0 Å². The first-order valence-electron chi connectivity index (χ1n) is 6.33. The SMILES string of the molecule is ClCCOCCN1CCc2ccccc2CC1. The summed E-state index contributed by atoms with van der Waals surface area (Å²) in [4.78, 5) is 2.48. The van der Waals surface area contributed by atoms with Crippen molar-refractivity contribution in [1.29, 1.82) is 0 Å². The zero-order valence-electron chi connectivity index (χ0n) is 10.2. The molecule has 1 heterocycles. The van der Waals surface area contributed by atoms with E-state index in [2.05, 4.69) is 29.2 Å². The van der Waals surface area contributed by atoms with Crippen LogP contribution in [0.25, 0.3) is 0 Å². The van der Waals surface area contributed by atoms with E-state index in [1.807, 2.05) is 0 Å². The molecule has 0 N–H and O–H groups in total. The predicted octanol–water partition coefficient (Wildman–Crippen LogP) is 2.34. The Hall–Kier alpha value is -0.570. The molecule has 0 amide bonds. The van der Waals surface area contributed by atoms with Crippen molar-refractivity contribution in [3.8, 4) is 0 Å². The third-order valence-corrected chi connectivity index (χ3v) is 3.44. The largest absolute Gasteiger partial charge is 0.379 e. The van der Waals surface area contributed by atoms with Gasteiger partial charge in [0, 0.05) is 25.5 Å². The van der Waals surface area contributed by atoms with Gasteiger partial charge in [0.15, 0.2) is 0 Å². The minimum absolute atomic E-state index is 0.589. The first-order valence-corrected chi connectivity index (χ1v) is 6.86. The molecule has 94 valence electrons. The van der Waals surface area contributed by atoms with E-state index in [0.29, 0.717) is 12.5 Å². The summed E-state index contributed by atoms with van der Waals surface area (Å²) in [6.07, 6.45) is 2.32. The van der Waals surface area contributed by atoms with Crippen molar-refractivity contribution in [3.63, 3.8) is 0 Å². The summed E-state index contributed by atoms with van der Waals surface area (Å²) in [5, 5.41) is 0. The van der Waals surface area contributed by atoms with Crippen molar-refractivity contribution in [1.82, 2.24) is 4.90 Å². The molecule has 0 spiro atoms. The van der Waals surface area contributed by atoms with Crippen LogP contribution in [-0.2, 0) is 17.6 Å². The highest BCUT2D eigenvalue weighted by atomic mass is 35.5. The molecule has 1 aromatic carbocycles. The van der Waals surface area contributed by atoms with Crippen LogP contribution >= 0.6 is 11.6 Å². The Bertz CT molecular complexity index is 316. The lowest BCUT2D eigenvalue weighted by Gasteiger charge is -2.19. The lowest BCUT2D eigenvalue weighted by molar-refractivity contribution is 0.116. The average molecular weight is 254 g/mol. The van der Waals surface area contributed by atoms with Gasteiger partial charge in [-0.05, 0) is 24.0 Å². The van der Waals surface area contributed by atoms with Gasteiger partial charge < -0.3 is 9.64 Å². The van der Waals surface area contributed by atoms with Crippen molar-refractivity contribution >= 4 is 11.6 Å². The highest BCUT2D eigenvalue weighted by molar-refractivity contribution is 6.17. The van der Waals surface area contributed by atoms with Crippen LogP contribution < -0.4 is 0 Å². The number of fused-ring (bicyclic) bond motifs is 1. The van der Waals surface area contributed by atoms with Crippen molar-refractivity contribution in [2.75, 3.05) is 38.7 Å². The second-order valence-corrected chi connectivity index (χ2v) is 4.79. The average Bonchev–Trinajstić information content (AvgIpc) is 2.58. The maximum absolute atomic E-state index is 5.57. The zero-order chi connectivity index (χ0) is 11.9. The summed E-state index contributed by atoms with van der Waals surface area (Å²) >= 11 is 5.57. The molecule has 17 heavy (non-hydrogen) atoms. The van der Waals surface area contributed by atoms with Crippen LogP contribution in [0.2, 0.25) is 0 Å². The van der Waals surface area contributed by atoms with Crippen LogP contribution in [0, 0.1) is 0 Å². The molecule has 1 aliphatic heterocycles. The second-order valence-electron chi connectivity index (χ2n) is 4.41. The molecule has 0 fully saturated rings. The van der Waals surface area contributed by atoms with Crippen LogP contribution in [0.1, 0.15) is 11.1 Å². The normalized spacial score (nSPS) is 16.5. The standard InChI is InChI=1S/C14H20ClNO/c15-7-11-17-12-10-16-8-5-13-3-1-2-4-14(13)6-9-16/h1-4H,5-12H2. The highest BCUT2D eigenvalue weighted by Crippen LogP contribution is 2.15. The summed E-state index contributed by atoms with van der Waals surface area (Å²) < 4.78 is 5.43. The van der Waals surface area contributed by atoms with Gasteiger partial charge >= 0.3 is 0 Å². The van der Waals surface area contributed by atoms with E-state index in [4.69, 9.17) is 16.3 Å². The van der Waals surface area contributed by atoms with Gasteiger partial charge in [-0.3, -0.25) is 0 Å². The molecule has 0 aromatic heterocycles. The van der Waals surface area contributed by atoms with E-state index in [1.54, 1.807) is 0 Å². The molecule has 2 rings (SSSR count). The van der Waals surface area contributed by atoms with E-state index in [0.717, 1.165) is 39.1 Å². The molecular weight excluding hydrogens is 234 g/mol. The molecule has 0 saturated carbocycles. The fraction of sp³-hybridized carbons (Fsp3) is 0.571. The van der Waals surface area contributed by atoms with E-state index in [9.17, 15) is 0 Å². The number of alkyl halides is 1. The number of halogens is 1. The minimum Gasteiger partial charge on any atom is -0.379 e. The van der Waals surface area contributed by atoms with Crippen LogP contribution in [-0.4, -0.2) is 43.6 Å². The number of ether oxygens (including phenoxy) is 1. The molecule has 3 heteroatoms. The molecule has 0 saturated heterocycles. The Morgan fingerprint density at radius 1 is 1.06 bits per heavy atom. The first-order chi connectivity index (χ1) is 8.40. The van der Waals surface area contributed by atoms with Crippen LogP contribution in [0.15, 0.2) is 24.3 Å². The highest BCUT2D eigenvalue weighted by Gasteiger charge is 2.12. The van der Waals surface area contributed by atoms with Crippen LogP contribution in [0.4, 0.5) is 0 Å². The van der Waals surface area contributed by atoms with Gasteiger partial charge in [-0.1, -0.05) is 24.3 Å². The summed E-state index contributed by atoms with van der Waals surface area (Å²) in [6.45, 7) is 4.76. The Morgan fingerprint density at radius 3 is 2.29 bits per heavy atom. The van der Waals surface area contributed by atoms with Crippen molar-refractivity contribution in [2.45, 2.75) is 12.8 Å². The Morgan fingerprint density at radius 2 is 1.71 bits per heavy atom. The topological polar surface area (TPSA) is 12.5 Å². The lowest BCUT2D eigenvalue weighted by atomic mass is 10.0. The van der Waals surface area contributed by atoms with Gasteiger partial charge in [0.1, 0.15) is 0 Å². The summed E-state index contributed by atoms with van der Waals surface area (Å²) in [6, 6.07) is 8.78. The number of nitrogens with zero attached hydrogens (tertiary/aromatic N) is 1. The smallest absolute Gasteiger partial charge is 0.0602 e. The summed E-state index contributed by atoms with van der Waals surface area (Å²) in [5.41, 5.74) is 3.02. The Balaban J connectivity index is 1.78. The van der Waals surface area contributed by atoms with Crippen molar-refractivity contribution in [3.05, 3.63) is 35.4 Å². The summed E-state index contributed by atoms with van der Waals surface area (Å²) in [7, 11) is 0. The molecule has 0 radical (unpaired) electrons. The molecule has 0 unspecified atom stereocenters. The molecule has 2 nitrogen and oxygen atoms in total. The molecule has 0 aliphatic carbocycles. The minimum atomic E-state index is 0.589. The van der Waals surface area contributed by atoms with E-state index < -0.39 is 0 Å². The molecule has 0 bridgehead atoms. The molecular formula is C14H20ClNO. The quantitative estimate of drug-likeness (QED) is 0.590. The fourth-order valence-electron chi connectivity index (χ4n) is 2.29. The monoisotopic (exact) mass is 253 g/mol. The van der Waals surface area contributed by atoms with Crippen LogP contribution in [0.3, 0.4) is 0 Å². The number of hydrogen-bond donors (Lipinski definition) is 0. The Labute approximate surface area is 109 Å². The molecule has 1 aliphatic rings. The van der Waals surface area contributed by atoms with Gasteiger partial charge in [-0.25, -0.2) is 0 Å². The van der Waals surface area contributed by atoms with E-state index in [-0.39, 0.29) is 0 Å². The first kappa shape index (κ1) is 12.9. The van der Waals surface area contributed by atoms with Gasteiger partial charge in [-0.2, -0.15) is 0 Å². The predicted molar refractivity (Wildman–Crippen MR) is 71.8 cm³/mol. The molecule has 1 aromatic rings. The lowest BCUT2D eigenvalue weighted by Crippen LogP contribution is -2.30. The van der Waals surface area contributed by atoms with Crippen molar-refractivity contribution in [2.24, 2.45) is 0 Å².